The molecule has 0 aliphatic carbocycles. The summed E-state index contributed by atoms with van der Waals surface area (Å²) in [5, 5.41) is 12.0. The molecule has 1 heterocycles. The van der Waals surface area contributed by atoms with Gasteiger partial charge in [0.1, 0.15) is 0 Å². The molecule has 2 N–H and O–H groups in total. The van der Waals surface area contributed by atoms with Gasteiger partial charge < -0.3 is 15.2 Å². The quantitative estimate of drug-likeness (QED) is 0.746. The van der Waals surface area contributed by atoms with Crippen LogP contribution in [0.15, 0.2) is 29.2 Å². The minimum absolute atomic E-state index is 0.0204. The summed E-state index contributed by atoms with van der Waals surface area (Å²) in [7, 11) is -3.27. The summed E-state index contributed by atoms with van der Waals surface area (Å²) >= 11 is 0. The molecule has 0 saturated carbocycles. The van der Waals surface area contributed by atoms with Crippen molar-refractivity contribution in [3.05, 3.63) is 29.8 Å². The summed E-state index contributed by atoms with van der Waals surface area (Å²) in [4.78, 5) is 23.7. The Hall–Kier alpha value is -1.93. The average Bonchev–Trinajstić information content (AvgIpc) is 2.55. The fourth-order valence-corrected chi connectivity index (χ4v) is 3.79. The molecule has 0 spiro atoms. The van der Waals surface area contributed by atoms with Gasteiger partial charge in [0, 0.05) is 13.2 Å². The van der Waals surface area contributed by atoms with E-state index in [-0.39, 0.29) is 29.4 Å². The summed E-state index contributed by atoms with van der Waals surface area (Å²) < 4.78 is 28.9. The molecule has 0 bridgehead atoms. The standard InChI is InChI=1S/C17H23NO6S/c1-2-25(22,23)14-5-3-13(4-6-14)11-15(19)18-17(12-16(20)21)7-9-24-10-8-17/h3-6H,2,7-12H2,1H3,(H,18,19)(H,20,21). The molecule has 0 radical (unpaired) electrons. The summed E-state index contributed by atoms with van der Waals surface area (Å²) in [6, 6.07) is 6.19. The van der Waals surface area contributed by atoms with Crippen molar-refractivity contribution in [3.8, 4) is 0 Å². The van der Waals surface area contributed by atoms with Crippen molar-refractivity contribution in [1.29, 1.82) is 0 Å². The molecule has 138 valence electrons. The van der Waals surface area contributed by atoms with Gasteiger partial charge in [-0.2, -0.15) is 0 Å². The van der Waals surface area contributed by atoms with Crippen LogP contribution in [0.3, 0.4) is 0 Å². The SMILES string of the molecule is CCS(=O)(=O)c1ccc(CC(=O)NC2(CC(=O)O)CCOCC2)cc1. The second kappa shape index (κ2) is 7.97. The van der Waals surface area contributed by atoms with Crippen molar-refractivity contribution < 1.29 is 27.9 Å². The number of carboxylic acid groups (broad SMARTS) is 1. The van der Waals surface area contributed by atoms with E-state index in [1.807, 2.05) is 0 Å². The predicted molar refractivity (Wildman–Crippen MR) is 91.1 cm³/mol. The van der Waals surface area contributed by atoms with E-state index >= 15 is 0 Å². The Kier molecular flexibility index (Phi) is 6.18. The largest absolute Gasteiger partial charge is 0.481 e. The summed E-state index contributed by atoms with van der Waals surface area (Å²) in [6.45, 7) is 2.40. The smallest absolute Gasteiger partial charge is 0.305 e. The zero-order valence-electron chi connectivity index (χ0n) is 14.2. The van der Waals surface area contributed by atoms with Crippen LogP contribution in [0.25, 0.3) is 0 Å². The number of benzene rings is 1. The highest BCUT2D eigenvalue weighted by molar-refractivity contribution is 7.91. The Morgan fingerprint density at radius 3 is 2.32 bits per heavy atom. The van der Waals surface area contributed by atoms with Crippen LogP contribution in [0.4, 0.5) is 0 Å². The highest BCUT2D eigenvalue weighted by Gasteiger charge is 2.36. The normalized spacial score (nSPS) is 17.0. The lowest BCUT2D eigenvalue weighted by Gasteiger charge is -2.36. The van der Waals surface area contributed by atoms with Crippen molar-refractivity contribution in [3.63, 3.8) is 0 Å². The maximum atomic E-state index is 12.3. The summed E-state index contributed by atoms with van der Waals surface area (Å²) in [5.41, 5.74) is -0.114. The molecular weight excluding hydrogens is 346 g/mol. The van der Waals surface area contributed by atoms with E-state index in [1.54, 1.807) is 19.1 Å². The van der Waals surface area contributed by atoms with Crippen LogP contribution in [0, 0.1) is 0 Å². The molecule has 1 aromatic rings. The van der Waals surface area contributed by atoms with Gasteiger partial charge >= 0.3 is 5.97 Å². The van der Waals surface area contributed by atoms with E-state index in [0.717, 1.165) is 0 Å². The first-order valence-electron chi connectivity index (χ1n) is 8.19. The maximum absolute atomic E-state index is 12.3. The molecule has 8 heteroatoms. The third-order valence-corrected chi connectivity index (χ3v) is 6.12. The molecule has 25 heavy (non-hydrogen) atoms. The number of hydrogen-bond acceptors (Lipinski definition) is 5. The van der Waals surface area contributed by atoms with Gasteiger partial charge in [-0.05, 0) is 30.5 Å². The minimum Gasteiger partial charge on any atom is -0.481 e. The van der Waals surface area contributed by atoms with E-state index in [4.69, 9.17) is 9.84 Å². The third kappa shape index (κ3) is 5.27. The second-order valence-electron chi connectivity index (χ2n) is 6.24. The third-order valence-electron chi connectivity index (χ3n) is 4.37. The Morgan fingerprint density at radius 2 is 1.80 bits per heavy atom. The number of rotatable bonds is 7. The van der Waals surface area contributed by atoms with Crippen molar-refractivity contribution in [2.45, 2.75) is 43.0 Å². The first-order chi connectivity index (χ1) is 11.8. The van der Waals surface area contributed by atoms with Gasteiger partial charge in [-0.15, -0.1) is 0 Å². The maximum Gasteiger partial charge on any atom is 0.305 e. The van der Waals surface area contributed by atoms with Crippen LogP contribution in [0.5, 0.6) is 0 Å². The summed E-state index contributed by atoms with van der Waals surface area (Å²) in [6.07, 6.45) is 0.835. The molecule has 1 aliphatic rings. The van der Waals surface area contributed by atoms with Gasteiger partial charge in [0.25, 0.3) is 0 Å². The fraction of sp³-hybridized carbons (Fsp3) is 0.529. The Balaban J connectivity index is 2.04. The lowest BCUT2D eigenvalue weighted by Crippen LogP contribution is -2.53. The van der Waals surface area contributed by atoms with E-state index in [2.05, 4.69) is 5.32 Å². The van der Waals surface area contributed by atoms with Crippen LogP contribution in [0.2, 0.25) is 0 Å². The number of aliphatic carboxylic acids is 1. The molecule has 1 aliphatic heterocycles. The minimum atomic E-state index is -3.27. The summed E-state index contributed by atoms with van der Waals surface area (Å²) in [5.74, 6) is -1.22. The molecule has 0 aromatic heterocycles. The highest BCUT2D eigenvalue weighted by Crippen LogP contribution is 2.25. The van der Waals surface area contributed by atoms with Crippen molar-refractivity contribution in [2.24, 2.45) is 0 Å². The number of hydrogen-bond donors (Lipinski definition) is 2. The molecule has 1 fully saturated rings. The van der Waals surface area contributed by atoms with Gasteiger partial charge in [-0.25, -0.2) is 8.42 Å². The average molecular weight is 369 g/mol. The fourth-order valence-electron chi connectivity index (χ4n) is 2.90. The Morgan fingerprint density at radius 1 is 1.20 bits per heavy atom. The number of nitrogens with one attached hydrogen (secondary N) is 1. The number of carbonyl (C=O) groups is 2. The molecule has 1 saturated heterocycles. The number of carbonyl (C=O) groups excluding carboxylic acids is 1. The first kappa shape index (κ1) is 19.4. The van der Waals surface area contributed by atoms with Crippen molar-refractivity contribution in [2.75, 3.05) is 19.0 Å². The zero-order valence-corrected chi connectivity index (χ0v) is 15.0. The van der Waals surface area contributed by atoms with Gasteiger partial charge in [0.15, 0.2) is 9.84 Å². The molecule has 1 aromatic carbocycles. The lowest BCUT2D eigenvalue weighted by atomic mass is 9.86. The van der Waals surface area contributed by atoms with Crippen LogP contribution < -0.4 is 5.32 Å². The van der Waals surface area contributed by atoms with Crippen LogP contribution >= 0.6 is 0 Å². The van der Waals surface area contributed by atoms with Crippen LogP contribution in [-0.2, 0) is 30.6 Å². The predicted octanol–water partition coefficient (Wildman–Crippen LogP) is 1.16. The van der Waals surface area contributed by atoms with E-state index < -0.39 is 21.3 Å². The van der Waals surface area contributed by atoms with Gasteiger partial charge in [0.2, 0.25) is 5.91 Å². The topological polar surface area (TPSA) is 110 Å². The molecule has 7 nitrogen and oxygen atoms in total. The lowest BCUT2D eigenvalue weighted by molar-refractivity contribution is -0.140. The highest BCUT2D eigenvalue weighted by atomic mass is 32.2. The van der Waals surface area contributed by atoms with Crippen LogP contribution in [0.1, 0.15) is 31.7 Å². The van der Waals surface area contributed by atoms with E-state index in [1.165, 1.54) is 12.1 Å². The molecule has 0 unspecified atom stereocenters. The molecule has 2 rings (SSSR count). The van der Waals surface area contributed by atoms with Gasteiger partial charge in [-0.3, -0.25) is 9.59 Å². The van der Waals surface area contributed by atoms with E-state index in [9.17, 15) is 18.0 Å². The molecule has 0 atom stereocenters. The number of sulfone groups is 1. The van der Waals surface area contributed by atoms with Gasteiger partial charge in [-0.1, -0.05) is 19.1 Å². The number of ether oxygens (including phenoxy) is 1. The van der Waals surface area contributed by atoms with E-state index in [0.29, 0.717) is 31.6 Å². The zero-order chi connectivity index (χ0) is 18.5. The van der Waals surface area contributed by atoms with Gasteiger partial charge in [0.05, 0.1) is 29.0 Å². The molecule has 1 amide bonds. The van der Waals surface area contributed by atoms with Crippen molar-refractivity contribution >= 4 is 21.7 Å². The first-order valence-corrected chi connectivity index (χ1v) is 9.84. The van der Waals surface area contributed by atoms with Crippen LogP contribution in [-0.4, -0.2) is 49.9 Å². The number of carboxylic acids is 1. The Labute approximate surface area is 147 Å². The molecular formula is C17H23NO6S. The van der Waals surface area contributed by atoms with Crippen molar-refractivity contribution in [1.82, 2.24) is 5.32 Å². The Bertz CT molecular complexity index is 720. The second-order valence-corrected chi connectivity index (χ2v) is 8.51. The monoisotopic (exact) mass is 369 g/mol. The number of amides is 1.